The van der Waals surface area contributed by atoms with Crippen LogP contribution in [0.2, 0.25) is 0 Å². The van der Waals surface area contributed by atoms with Crippen LogP contribution in [0, 0.1) is 3.57 Å². The minimum atomic E-state index is 0.761. The molecule has 3 N–H and O–H groups in total. The molecule has 2 rings (SSSR count). The number of hydrogen-bond acceptors (Lipinski definition) is 3. The number of anilines is 3. The summed E-state index contributed by atoms with van der Waals surface area (Å²) < 4.78 is 7.27. The van der Waals surface area contributed by atoms with Gasteiger partial charge in [-0.25, -0.2) is 0 Å². The van der Waals surface area contributed by atoms with Gasteiger partial charge in [0.05, 0.1) is 12.8 Å². The second kappa shape index (κ2) is 5.79. The monoisotopic (exact) mass is 418 g/mol. The van der Waals surface area contributed by atoms with Crippen molar-refractivity contribution in [2.24, 2.45) is 0 Å². The third kappa shape index (κ3) is 3.29. The van der Waals surface area contributed by atoms with E-state index in [-0.39, 0.29) is 0 Å². The van der Waals surface area contributed by atoms with Crippen LogP contribution in [0.3, 0.4) is 0 Å². The maximum atomic E-state index is 5.73. The lowest BCUT2D eigenvalue weighted by Crippen LogP contribution is -1.95. The van der Waals surface area contributed by atoms with Crippen LogP contribution in [-0.2, 0) is 0 Å². The van der Waals surface area contributed by atoms with Gasteiger partial charge < -0.3 is 15.8 Å². The van der Waals surface area contributed by atoms with E-state index in [4.69, 9.17) is 10.5 Å². The lowest BCUT2D eigenvalue weighted by molar-refractivity contribution is 0.415. The first-order valence-electron chi connectivity index (χ1n) is 5.25. The number of rotatable bonds is 3. The van der Waals surface area contributed by atoms with Gasteiger partial charge in [0.15, 0.2) is 0 Å². The summed E-state index contributed by atoms with van der Waals surface area (Å²) in [7, 11) is 1.65. The van der Waals surface area contributed by atoms with E-state index in [1.54, 1.807) is 7.11 Å². The first kappa shape index (κ1) is 13.5. The summed E-state index contributed by atoms with van der Waals surface area (Å²) in [5.74, 6) is 0.803. The summed E-state index contributed by atoms with van der Waals surface area (Å²) in [4.78, 5) is 0. The Bertz CT molecular complexity index is 575. The van der Waals surface area contributed by atoms with Crippen molar-refractivity contribution < 1.29 is 4.74 Å². The lowest BCUT2D eigenvalue weighted by atomic mass is 10.2. The molecule has 0 bridgehead atoms. The van der Waals surface area contributed by atoms with Gasteiger partial charge in [-0.15, -0.1) is 0 Å². The average molecular weight is 419 g/mol. The minimum absolute atomic E-state index is 0.761. The number of hydrogen-bond donors (Lipinski definition) is 2. The van der Waals surface area contributed by atoms with Gasteiger partial charge in [-0.1, -0.05) is 15.9 Å². The standard InChI is InChI=1S/C13H12BrIN2O/c1-18-11-5-8(14)4-10(7-11)17-13-3-2-9(16)6-12(13)15/h2-7,17H,16H2,1H3. The SMILES string of the molecule is COc1cc(Br)cc(Nc2ccc(N)cc2I)c1. The molecule has 94 valence electrons. The van der Waals surface area contributed by atoms with Gasteiger partial charge in [0.25, 0.3) is 0 Å². The van der Waals surface area contributed by atoms with Crippen LogP contribution in [0.25, 0.3) is 0 Å². The second-order valence-corrected chi connectivity index (χ2v) is 5.82. The molecule has 2 aromatic rings. The Kier molecular flexibility index (Phi) is 4.34. The smallest absolute Gasteiger partial charge is 0.122 e. The molecular formula is C13H12BrIN2O. The van der Waals surface area contributed by atoms with E-state index in [2.05, 4.69) is 43.8 Å². The molecule has 0 aliphatic carbocycles. The average Bonchev–Trinajstić information content (AvgIpc) is 2.32. The Morgan fingerprint density at radius 3 is 2.67 bits per heavy atom. The van der Waals surface area contributed by atoms with Crippen LogP contribution in [-0.4, -0.2) is 7.11 Å². The first-order valence-corrected chi connectivity index (χ1v) is 7.12. The molecule has 0 saturated heterocycles. The Labute approximate surface area is 128 Å². The number of benzene rings is 2. The minimum Gasteiger partial charge on any atom is -0.497 e. The van der Waals surface area contributed by atoms with E-state index in [0.29, 0.717) is 0 Å². The second-order valence-electron chi connectivity index (χ2n) is 3.74. The van der Waals surface area contributed by atoms with Gasteiger partial charge in [-0.05, 0) is 52.9 Å². The summed E-state index contributed by atoms with van der Waals surface area (Å²) in [5.41, 5.74) is 8.47. The zero-order valence-corrected chi connectivity index (χ0v) is 13.4. The molecule has 0 aliphatic heterocycles. The molecule has 0 spiro atoms. The number of methoxy groups -OCH3 is 1. The van der Waals surface area contributed by atoms with E-state index >= 15 is 0 Å². The number of nitrogens with two attached hydrogens (primary N) is 1. The van der Waals surface area contributed by atoms with Gasteiger partial charge in [0.1, 0.15) is 5.75 Å². The number of halogens is 2. The molecular weight excluding hydrogens is 407 g/mol. The third-order valence-corrected chi connectivity index (χ3v) is 3.73. The maximum absolute atomic E-state index is 5.73. The highest BCUT2D eigenvalue weighted by molar-refractivity contribution is 14.1. The zero-order valence-electron chi connectivity index (χ0n) is 9.71. The van der Waals surface area contributed by atoms with Crippen molar-refractivity contribution in [3.8, 4) is 5.75 Å². The largest absolute Gasteiger partial charge is 0.497 e. The summed E-state index contributed by atoms with van der Waals surface area (Å²) in [6.45, 7) is 0. The van der Waals surface area contributed by atoms with E-state index in [1.165, 1.54) is 0 Å². The number of ether oxygens (including phenoxy) is 1. The van der Waals surface area contributed by atoms with Crippen molar-refractivity contribution in [1.29, 1.82) is 0 Å². The van der Waals surface area contributed by atoms with Crippen molar-refractivity contribution in [3.63, 3.8) is 0 Å². The summed E-state index contributed by atoms with van der Waals surface area (Å²) in [6.07, 6.45) is 0. The molecule has 0 atom stereocenters. The van der Waals surface area contributed by atoms with Crippen LogP contribution >= 0.6 is 38.5 Å². The van der Waals surface area contributed by atoms with Crippen molar-refractivity contribution in [2.45, 2.75) is 0 Å². The van der Waals surface area contributed by atoms with E-state index in [1.807, 2.05) is 36.4 Å². The van der Waals surface area contributed by atoms with Crippen LogP contribution in [0.4, 0.5) is 17.1 Å². The predicted molar refractivity (Wildman–Crippen MR) is 87.5 cm³/mol. The fraction of sp³-hybridized carbons (Fsp3) is 0.0769. The van der Waals surface area contributed by atoms with E-state index in [0.717, 1.165) is 30.9 Å². The van der Waals surface area contributed by atoms with Crippen LogP contribution < -0.4 is 15.8 Å². The highest BCUT2D eigenvalue weighted by atomic mass is 127. The summed E-state index contributed by atoms with van der Waals surface area (Å²) in [6, 6.07) is 11.6. The molecule has 2 aromatic carbocycles. The molecule has 0 radical (unpaired) electrons. The molecule has 3 nitrogen and oxygen atoms in total. The maximum Gasteiger partial charge on any atom is 0.122 e. The van der Waals surface area contributed by atoms with Crippen molar-refractivity contribution in [2.75, 3.05) is 18.2 Å². The first-order chi connectivity index (χ1) is 8.58. The third-order valence-electron chi connectivity index (χ3n) is 2.38. The van der Waals surface area contributed by atoms with E-state index < -0.39 is 0 Å². The zero-order chi connectivity index (χ0) is 13.1. The Hall–Kier alpha value is -0.950. The molecule has 0 aliphatic rings. The van der Waals surface area contributed by atoms with Crippen molar-refractivity contribution in [1.82, 2.24) is 0 Å². The topological polar surface area (TPSA) is 47.3 Å². The molecule has 0 saturated carbocycles. The van der Waals surface area contributed by atoms with Crippen LogP contribution in [0.5, 0.6) is 5.75 Å². The summed E-state index contributed by atoms with van der Waals surface area (Å²) >= 11 is 5.71. The molecule has 0 aromatic heterocycles. The molecule has 0 amide bonds. The Balaban J connectivity index is 2.30. The molecule has 0 unspecified atom stereocenters. The van der Waals surface area contributed by atoms with Gasteiger partial charge in [0.2, 0.25) is 0 Å². The normalized spacial score (nSPS) is 10.2. The van der Waals surface area contributed by atoms with Crippen LogP contribution in [0.1, 0.15) is 0 Å². The van der Waals surface area contributed by atoms with Crippen molar-refractivity contribution >= 4 is 55.6 Å². The quantitative estimate of drug-likeness (QED) is 0.574. The molecule has 18 heavy (non-hydrogen) atoms. The van der Waals surface area contributed by atoms with E-state index in [9.17, 15) is 0 Å². The Morgan fingerprint density at radius 1 is 1.22 bits per heavy atom. The lowest BCUT2D eigenvalue weighted by Gasteiger charge is -2.11. The van der Waals surface area contributed by atoms with Gasteiger partial charge in [-0.3, -0.25) is 0 Å². The van der Waals surface area contributed by atoms with Crippen LogP contribution in [0.15, 0.2) is 40.9 Å². The number of nitrogen functional groups attached to an aromatic ring is 1. The molecule has 0 fully saturated rings. The number of nitrogens with one attached hydrogen (secondary N) is 1. The van der Waals surface area contributed by atoms with Gasteiger partial charge in [-0.2, -0.15) is 0 Å². The predicted octanol–water partition coefficient (Wildman–Crippen LogP) is 4.39. The highest BCUT2D eigenvalue weighted by Crippen LogP contribution is 2.29. The molecule has 0 heterocycles. The highest BCUT2D eigenvalue weighted by Gasteiger charge is 2.03. The summed E-state index contributed by atoms with van der Waals surface area (Å²) in [5, 5.41) is 3.34. The van der Waals surface area contributed by atoms with Crippen molar-refractivity contribution in [3.05, 3.63) is 44.4 Å². The fourth-order valence-electron chi connectivity index (χ4n) is 1.54. The fourth-order valence-corrected chi connectivity index (χ4v) is 2.69. The molecule has 5 heteroatoms. The van der Waals surface area contributed by atoms with Gasteiger partial charge >= 0.3 is 0 Å². The Morgan fingerprint density at radius 2 is 2.00 bits per heavy atom. The van der Waals surface area contributed by atoms with Gasteiger partial charge in [0, 0.05) is 25.5 Å².